The molecular formula is C25H18F4N4O3. The van der Waals surface area contributed by atoms with Gasteiger partial charge in [0.15, 0.2) is 11.6 Å². The lowest BCUT2D eigenvalue weighted by Gasteiger charge is -2.27. The Balaban J connectivity index is 1.44. The zero-order chi connectivity index (χ0) is 25.2. The number of aromatic nitrogens is 2. The van der Waals surface area contributed by atoms with Gasteiger partial charge in [0.05, 0.1) is 36.1 Å². The van der Waals surface area contributed by atoms with E-state index in [0.717, 1.165) is 12.1 Å². The first-order chi connectivity index (χ1) is 17.4. The minimum atomic E-state index is -1.58. The second-order valence-electron chi connectivity index (χ2n) is 7.91. The number of halogens is 4. The molecule has 36 heavy (non-hydrogen) atoms. The van der Waals surface area contributed by atoms with Gasteiger partial charge in [-0.2, -0.15) is 4.39 Å². The Labute approximate surface area is 202 Å². The van der Waals surface area contributed by atoms with Gasteiger partial charge in [0.2, 0.25) is 11.6 Å². The maximum absolute atomic E-state index is 15.1. The number of morpholine rings is 1. The van der Waals surface area contributed by atoms with Crippen LogP contribution in [-0.4, -0.2) is 42.2 Å². The number of rotatable bonds is 5. The van der Waals surface area contributed by atoms with Gasteiger partial charge in [-0.1, -0.05) is 6.07 Å². The van der Waals surface area contributed by atoms with Crippen molar-refractivity contribution < 1.29 is 31.8 Å². The van der Waals surface area contributed by atoms with Crippen molar-refractivity contribution in [2.75, 3.05) is 36.5 Å². The second-order valence-corrected chi connectivity index (χ2v) is 7.91. The fourth-order valence-electron chi connectivity index (χ4n) is 3.69. The highest BCUT2D eigenvalue weighted by atomic mass is 19.2. The molecule has 0 atom stereocenters. The van der Waals surface area contributed by atoms with Crippen LogP contribution in [0.1, 0.15) is 10.4 Å². The van der Waals surface area contributed by atoms with Crippen molar-refractivity contribution in [2.45, 2.75) is 0 Å². The number of hydrogen-bond acceptors (Lipinski definition) is 6. The number of fused-ring (bicyclic) bond motifs is 1. The van der Waals surface area contributed by atoms with E-state index in [9.17, 15) is 18.0 Å². The number of nitrogens with zero attached hydrogens (tertiary/aromatic N) is 3. The lowest BCUT2D eigenvalue weighted by atomic mass is 10.2. The second kappa shape index (κ2) is 9.78. The van der Waals surface area contributed by atoms with Gasteiger partial charge >= 0.3 is 0 Å². The van der Waals surface area contributed by atoms with Gasteiger partial charge in [-0.05, 0) is 30.3 Å². The number of carbonyl (C=O) groups is 1. The molecule has 1 aromatic heterocycles. The Morgan fingerprint density at radius 3 is 2.56 bits per heavy atom. The summed E-state index contributed by atoms with van der Waals surface area (Å²) in [4.78, 5) is 23.2. The van der Waals surface area contributed by atoms with Crippen LogP contribution in [0.3, 0.4) is 0 Å². The lowest BCUT2D eigenvalue weighted by molar-refractivity contribution is 0.102. The molecule has 0 bridgehead atoms. The molecule has 1 N–H and O–H groups in total. The average molecular weight is 498 g/mol. The minimum Gasteiger partial charge on any atom is -0.451 e. The molecule has 1 saturated heterocycles. The fourth-order valence-corrected chi connectivity index (χ4v) is 3.69. The summed E-state index contributed by atoms with van der Waals surface area (Å²) in [6, 6.07) is 9.46. The monoisotopic (exact) mass is 498 g/mol. The summed E-state index contributed by atoms with van der Waals surface area (Å²) >= 11 is 0. The van der Waals surface area contributed by atoms with Crippen LogP contribution >= 0.6 is 0 Å². The van der Waals surface area contributed by atoms with Crippen LogP contribution in [0.5, 0.6) is 11.5 Å². The van der Waals surface area contributed by atoms with Gasteiger partial charge in [-0.15, -0.1) is 0 Å². The number of anilines is 2. The average Bonchev–Trinajstić information content (AvgIpc) is 2.89. The number of benzene rings is 3. The maximum Gasteiger partial charge on any atom is 0.255 e. The van der Waals surface area contributed by atoms with Crippen molar-refractivity contribution in [3.05, 3.63) is 83.6 Å². The van der Waals surface area contributed by atoms with Crippen molar-refractivity contribution in [3.63, 3.8) is 0 Å². The van der Waals surface area contributed by atoms with Crippen molar-refractivity contribution in [2.24, 2.45) is 0 Å². The Bertz CT molecular complexity index is 1460. The molecular weight excluding hydrogens is 480 g/mol. The van der Waals surface area contributed by atoms with Gasteiger partial charge < -0.3 is 19.7 Å². The molecule has 5 rings (SSSR count). The Kier molecular flexibility index (Phi) is 6.38. The van der Waals surface area contributed by atoms with Crippen molar-refractivity contribution >= 4 is 28.4 Å². The molecule has 1 aliphatic heterocycles. The molecule has 1 amide bonds. The van der Waals surface area contributed by atoms with Crippen LogP contribution in [0.25, 0.3) is 11.0 Å². The predicted molar refractivity (Wildman–Crippen MR) is 123 cm³/mol. The Morgan fingerprint density at radius 2 is 1.78 bits per heavy atom. The van der Waals surface area contributed by atoms with Gasteiger partial charge in [-0.3, -0.25) is 9.78 Å². The van der Waals surface area contributed by atoms with Crippen LogP contribution in [0.4, 0.5) is 29.1 Å². The molecule has 11 heteroatoms. The van der Waals surface area contributed by atoms with E-state index in [2.05, 4.69) is 15.3 Å². The number of amides is 1. The van der Waals surface area contributed by atoms with Gasteiger partial charge in [0.1, 0.15) is 17.4 Å². The number of carbonyl (C=O) groups excluding carboxylic acids is 1. The van der Waals surface area contributed by atoms with Gasteiger partial charge in [0, 0.05) is 30.8 Å². The van der Waals surface area contributed by atoms with E-state index in [4.69, 9.17) is 9.47 Å². The standard InChI is InChI=1S/C25H18F4N4O3/c26-15-3-1-2-14(10-15)25(34)32-20-12-17(27)22(28)24(23(20)29)36-16-4-5-18-19(11-16)31-21(13-30-18)33-6-8-35-9-7-33/h1-5,10-13H,6-9H2,(H,32,34). The van der Waals surface area contributed by atoms with E-state index in [-0.39, 0.29) is 11.3 Å². The maximum atomic E-state index is 15.1. The summed E-state index contributed by atoms with van der Waals surface area (Å²) in [6.07, 6.45) is 1.62. The summed E-state index contributed by atoms with van der Waals surface area (Å²) in [5, 5.41) is 2.12. The molecule has 0 unspecified atom stereocenters. The quantitative estimate of drug-likeness (QED) is 0.306. The van der Waals surface area contributed by atoms with Crippen molar-refractivity contribution in [1.82, 2.24) is 9.97 Å². The zero-order valence-electron chi connectivity index (χ0n) is 18.6. The van der Waals surface area contributed by atoms with E-state index in [1.807, 2.05) is 4.90 Å². The summed E-state index contributed by atoms with van der Waals surface area (Å²) < 4.78 is 68.0. The molecule has 7 nitrogen and oxygen atoms in total. The van der Waals surface area contributed by atoms with Crippen molar-refractivity contribution in [1.29, 1.82) is 0 Å². The highest BCUT2D eigenvalue weighted by molar-refractivity contribution is 6.04. The van der Waals surface area contributed by atoms with Crippen molar-refractivity contribution in [3.8, 4) is 11.5 Å². The summed E-state index contributed by atoms with van der Waals surface area (Å²) in [7, 11) is 0. The van der Waals surface area contributed by atoms with E-state index in [1.165, 1.54) is 24.3 Å². The predicted octanol–water partition coefficient (Wildman–Crippen LogP) is 5.07. The van der Waals surface area contributed by atoms with Crippen LogP contribution in [0, 0.1) is 23.3 Å². The first-order valence-electron chi connectivity index (χ1n) is 10.9. The normalized spacial score (nSPS) is 13.6. The molecule has 0 radical (unpaired) electrons. The van der Waals surface area contributed by atoms with Crippen LogP contribution in [-0.2, 0) is 4.74 Å². The Hall–Kier alpha value is -4.25. The molecule has 1 fully saturated rings. The van der Waals surface area contributed by atoms with E-state index < -0.39 is 40.6 Å². The number of hydrogen-bond donors (Lipinski definition) is 1. The topological polar surface area (TPSA) is 76.6 Å². The van der Waals surface area contributed by atoms with Crippen LogP contribution in [0.15, 0.2) is 54.7 Å². The SMILES string of the molecule is O=C(Nc1cc(F)c(F)c(Oc2ccc3ncc(N4CCOCC4)nc3c2)c1F)c1cccc(F)c1. The van der Waals surface area contributed by atoms with E-state index in [0.29, 0.717) is 49.2 Å². The third kappa shape index (κ3) is 4.78. The van der Waals surface area contributed by atoms with E-state index in [1.54, 1.807) is 12.3 Å². The first kappa shape index (κ1) is 23.5. The molecule has 0 spiro atoms. The number of nitrogens with one attached hydrogen (secondary N) is 1. The van der Waals surface area contributed by atoms with E-state index >= 15 is 4.39 Å². The molecule has 4 aromatic rings. The largest absolute Gasteiger partial charge is 0.451 e. The van der Waals surface area contributed by atoms with Crippen LogP contribution in [0.2, 0.25) is 0 Å². The first-order valence-corrected chi connectivity index (χ1v) is 10.9. The molecule has 3 aromatic carbocycles. The summed E-state index contributed by atoms with van der Waals surface area (Å²) in [6.45, 7) is 2.39. The zero-order valence-corrected chi connectivity index (χ0v) is 18.6. The molecule has 1 aliphatic rings. The smallest absolute Gasteiger partial charge is 0.255 e. The number of ether oxygens (including phenoxy) is 2. The molecule has 0 saturated carbocycles. The highest BCUT2D eigenvalue weighted by Crippen LogP contribution is 2.35. The molecule has 184 valence electrons. The van der Waals surface area contributed by atoms with Gasteiger partial charge in [0.25, 0.3) is 5.91 Å². The fraction of sp³-hybridized carbons (Fsp3) is 0.160. The minimum absolute atomic E-state index is 0.0262. The van der Waals surface area contributed by atoms with Gasteiger partial charge in [-0.25, -0.2) is 18.2 Å². The summed E-state index contributed by atoms with van der Waals surface area (Å²) in [5.41, 5.74) is 0.107. The van der Waals surface area contributed by atoms with Crippen LogP contribution < -0.4 is 15.0 Å². The molecule has 0 aliphatic carbocycles. The third-order valence-corrected chi connectivity index (χ3v) is 5.51. The molecule has 2 heterocycles. The third-order valence-electron chi connectivity index (χ3n) is 5.51. The Morgan fingerprint density at radius 1 is 0.972 bits per heavy atom. The summed E-state index contributed by atoms with van der Waals surface area (Å²) in [5.74, 6) is -6.44. The highest BCUT2D eigenvalue weighted by Gasteiger charge is 2.23. The lowest BCUT2D eigenvalue weighted by Crippen LogP contribution is -2.36.